The first kappa shape index (κ1) is 25.4. The largest absolute Gasteiger partial charge is 0.377 e. The molecule has 0 amide bonds. The molecule has 3 aromatic carbocycles. The highest BCUT2D eigenvalue weighted by Crippen LogP contribution is 2.53. The van der Waals surface area contributed by atoms with Crippen molar-refractivity contribution < 1.29 is 0 Å². The normalized spacial score (nSPS) is 21.0. The quantitative estimate of drug-likeness (QED) is 0.267. The first-order valence-electron chi connectivity index (χ1n) is 14.8. The van der Waals surface area contributed by atoms with Crippen molar-refractivity contribution in [2.75, 3.05) is 9.80 Å². The maximum absolute atomic E-state index is 4.79. The van der Waals surface area contributed by atoms with Gasteiger partial charge in [-0.05, 0) is 59.2 Å². The molecule has 0 spiro atoms. The van der Waals surface area contributed by atoms with Crippen LogP contribution in [0, 0.1) is 0 Å². The molecule has 1 unspecified atom stereocenters. The molecule has 0 saturated heterocycles. The molecule has 0 fully saturated rings. The summed E-state index contributed by atoms with van der Waals surface area (Å²) in [5.74, 6) is 0. The zero-order valence-corrected chi connectivity index (χ0v) is 24.3. The van der Waals surface area contributed by atoms with Crippen molar-refractivity contribution in [3.8, 4) is 0 Å². The summed E-state index contributed by atoms with van der Waals surface area (Å²) in [6.07, 6.45) is 14.9. The molecule has 3 aliphatic heterocycles. The second-order valence-electron chi connectivity index (χ2n) is 11.9. The molecule has 1 aliphatic carbocycles. The van der Waals surface area contributed by atoms with E-state index in [2.05, 4.69) is 157 Å². The molecule has 4 heterocycles. The summed E-state index contributed by atoms with van der Waals surface area (Å²) in [6.45, 7) is 9.21. The van der Waals surface area contributed by atoms with Crippen molar-refractivity contribution >= 4 is 28.3 Å². The van der Waals surface area contributed by atoms with Gasteiger partial charge in [0.15, 0.2) is 0 Å². The van der Waals surface area contributed by atoms with Crippen LogP contribution < -0.4 is 15.1 Å². The van der Waals surface area contributed by atoms with Gasteiger partial charge in [-0.25, -0.2) is 0 Å². The summed E-state index contributed by atoms with van der Waals surface area (Å²) in [5.41, 5.74) is 13.4. The third-order valence-corrected chi connectivity index (χ3v) is 9.07. The lowest BCUT2D eigenvalue weighted by molar-refractivity contribution is 0.584. The van der Waals surface area contributed by atoms with Crippen molar-refractivity contribution in [3.63, 3.8) is 0 Å². The zero-order chi connectivity index (χ0) is 29.1. The molecule has 4 heteroatoms. The standard InChI is InChI=1S/C39H32N4/c1-26-14-11-12-23-42(27-15-5-4-6-16-27)38-30-18-8-10-21-34(30)43(33-20-9-7-17-29(33)35(26)38)28-24-32-37(41-25-28)36-31(39(32,2)3)19-13-22-40-36/h4-25,37,41H,1H2,2-3H3/b14-11-,23-12-. The number of rotatable bonds is 2. The molecular formula is C39H32N4. The van der Waals surface area contributed by atoms with E-state index in [9.17, 15) is 0 Å². The van der Waals surface area contributed by atoms with Crippen molar-refractivity contribution in [2.45, 2.75) is 25.3 Å². The summed E-state index contributed by atoms with van der Waals surface area (Å²) in [5, 5.41) is 3.75. The van der Waals surface area contributed by atoms with Crippen molar-refractivity contribution in [3.05, 3.63) is 180 Å². The summed E-state index contributed by atoms with van der Waals surface area (Å²) in [6, 6.07) is 32.3. The number of benzene rings is 3. The Morgan fingerprint density at radius 1 is 0.814 bits per heavy atom. The summed E-state index contributed by atoms with van der Waals surface area (Å²) in [7, 11) is 0. The number of allylic oxidation sites excluding steroid dienone is 6. The van der Waals surface area contributed by atoms with Gasteiger partial charge in [0.05, 0.1) is 34.5 Å². The topological polar surface area (TPSA) is 31.4 Å². The Kier molecular flexibility index (Phi) is 5.66. The Labute approximate surface area is 253 Å². The first-order chi connectivity index (χ1) is 21.0. The molecule has 1 N–H and O–H groups in total. The number of nitrogens with zero attached hydrogens (tertiary/aromatic N) is 3. The Morgan fingerprint density at radius 2 is 1.53 bits per heavy atom. The van der Waals surface area contributed by atoms with Crippen LogP contribution in [0.5, 0.6) is 0 Å². The molecule has 0 radical (unpaired) electrons. The minimum Gasteiger partial charge on any atom is -0.377 e. The van der Waals surface area contributed by atoms with Crippen molar-refractivity contribution in [2.24, 2.45) is 0 Å². The van der Waals surface area contributed by atoms with Crippen LogP contribution in [0.2, 0.25) is 0 Å². The Balaban J connectivity index is 1.38. The maximum Gasteiger partial charge on any atom is 0.0911 e. The number of dihydropyridines is 1. The van der Waals surface area contributed by atoms with E-state index in [1.54, 1.807) is 0 Å². The van der Waals surface area contributed by atoms with Crippen LogP contribution in [0.25, 0.3) is 11.3 Å². The second-order valence-corrected chi connectivity index (χ2v) is 11.9. The minimum absolute atomic E-state index is 0.0643. The molecule has 208 valence electrons. The Morgan fingerprint density at radius 3 is 2.35 bits per heavy atom. The van der Waals surface area contributed by atoms with Crippen LogP contribution in [-0.2, 0) is 5.41 Å². The van der Waals surface area contributed by atoms with Gasteiger partial charge in [0.25, 0.3) is 0 Å². The average molecular weight is 557 g/mol. The fourth-order valence-corrected chi connectivity index (χ4v) is 7.03. The van der Waals surface area contributed by atoms with E-state index >= 15 is 0 Å². The van der Waals surface area contributed by atoms with Crippen LogP contribution in [0.1, 0.15) is 42.3 Å². The lowest BCUT2D eigenvalue weighted by Crippen LogP contribution is -2.29. The van der Waals surface area contributed by atoms with E-state index in [1.807, 2.05) is 12.3 Å². The molecule has 4 nitrogen and oxygen atoms in total. The number of fused-ring (bicyclic) bond motifs is 7. The van der Waals surface area contributed by atoms with E-state index in [1.165, 1.54) is 11.1 Å². The number of nitrogens with one attached hydrogen (secondary N) is 1. The molecule has 0 saturated carbocycles. The smallest absolute Gasteiger partial charge is 0.0911 e. The third kappa shape index (κ3) is 3.80. The van der Waals surface area contributed by atoms with E-state index in [4.69, 9.17) is 4.98 Å². The van der Waals surface area contributed by atoms with Crippen molar-refractivity contribution in [1.29, 1.82) is 0 Å². The number of pyridine rings is 1. The highest BCUT2D eigenvalue weighted by Gasteiger charge is 2.44. The molecule has 43 heavy (non-hydrogen) atoms. The second kappa shape index (κ2) is 9.60. The van der Waals surface area contributed by atoms with Gasteiger partial charge in [0.1, 0.15) is 0 Å². The SMILES string of the molecule is C=C1/C=C\C=C/N(c2ccccc2)C2=C1c1ccccc1N(C1=CNC3C(=C1)C(C)(C)c1cccnc13)c1ccccc12. The van der Waals surface area contributed by atoms with E-state index in [-0.39, 0.29) is 11.5 Å². The monoisotopic (exact) mass is 556 g/mol. The maximum atomic E-state index is 4.79. The number of anilines is 3. The molecule has 0 bridgehead atoms. The highest BCUT2D eigenvalue weighted by molar-refractivity contribution is 6.11. The van der Waals surface area contributed by atoms with Crippen LogP contribution in [0.4, 0.5) is 17.1 Å². The van der Waals surface area contributed by atoms with Gasteiger partial charge in [-0.3, -0.25) is 4.98 Å². The predicted octanol–water partition coefficient (Wildman–Crippen LogP) is 8.95. The van der Waals surface area contributed by atoms with Gasteiger partial charge in [-0.15, -0.1) is 0 Å². The van der Waals surface area contributed by atoms with Gasteiger partial charge in [-0.2, -0.15) is 0 Å². The predicted molar refractivity (Wildman–Crippen MR) is 177 cm³/mol. The van der Waals surface area contributed by atoms with Crippen LogP contribution in [0.3, 0.4) is 0 Å². The van der Waals surface area contributed by atoms with Crippen molar-refractivity contribution in [1.82, 2.24) is 10.3 Å². The Bertz CT molecular complexity index is 1950. The zero-order valence-electron chi connectivity index (χ0n) is 24.3. The molecule has 4 aromatic rings. The molecule has 8 rings (SSSR count). The van der Waals surface area contributed by atoms with Crippen LogP contribution in [-0.4, -0.2) is 4.98 Å². The lowest BCUT2D eigenvalue weighted by Gasteiger charge is -2.34. The van der Waals surface area contributed by atoms with E-state index in [0.29, 0.717) is 0 Å². The number of hydrogen-bond donors (Lipinski definition) is 1. The van der Waals surface area contributed by atoms with Gasteiger partial charge in [0.2, 0.25) is 0 Å². The third-order valence-electron chi connectivity index (χ3n) is 9.07. The number of aromatic nitrogens is 1. The van der Waals surface area contributed by atoms with E-state index in [0.717, 1.165) is 56.4 Å². The average Bonchev–Trinajstić information content (AvgIpc) is 3.18. The molecule has 4 aliphatic rings. The fraction of sp³-hybridized carbons (Fsp3) is 0.103. The lowest BCUT2D eigenvalue weighted by atomic mass is 9.81. The van der Waals surface area contributed by atoms with Gasteiger partial charge >= 0.3 is 0 Å². The van der Waals surface area contributed by atoms with Gasteiger partial charge in [-0.1, -0.05) is 93.2 Å². The molecule has 1 atom stereocenters. The van der Waals surface area contributed by atoms with Crippen LogP contribution >= 0.6 is 0 Å². The number of para-hydroxylation sites is 3. The summed E-state index contributed by atoms with van der Waals surface area (Å²) < 4.78 is 0. The molecular weight excluding hydrogens is 524 g/mol. The van der Waals surface area contributed by atoms with Gasteiger partial charge in [0, 0.05) is 46.4 Å². The fourth-order valence-electron chi connectivity index (χ4n) is 7.03. The highest BCUT2D eigenvalue weighted by atomic mass is 15.2. The number of hydrogen-bond acceptors (Lipinski definition) is 4. The first-order valence-corrected chi connectivity index (χ1v) is 14.8. The minimum atomic E-state index is -0.146. The Hall–Kier alpha value is -5.35. The van der Waals surface area contributed by atoms with E-state index < -0.39 is 0 Å². The summed E-state index contributed by atoms with van der Waals surface area (Å²) >= 11 is 0. The summed E-state index contributed by atoms with van der Waals surface area (Å²) in [4.78, 5) is 9.50. The van der Waals surface area contributed by atoms with Crippen LogP contribution in [0.15, 0.2) is 157 Å². The molecule has 1 aromatic heterocycles. The van der Waals surface area contributed by atoms with Gasteiger partial charge < -0.3 is 15.1 Å².